The monoisotopic (exact) mass is 347 g/mol. The minimum atomic E-state index is -0.313. The van der Waals surface area contributed by atoms with Crippen LogP contribution >= 0.6 is 11.6 Å². The van der Waals surface area contributed by atoms with Crippen LogP contribution in [0.3, 0.4) is 0 Å². The Morgan fingerprint density at radius 3 is 2.50 bits per heavy atom. The lowest BCUT2D eigenvalue weighted by atomic mass is 10.1. The number of nitrogens with one attached hydrogen (secondary N) is 1. The zero-order valence-corrected chi connectivity index (χ0v) is 14.9. The van der Waals surface area contributed by atoms with Crippen molar-refractivity contribution in [3.05, 3.63) is 58.6 Å². The van der Waals surface area contributed by atoms with E-state index in [1.807, 2.05) is 44.2 Å². The van der Waals surface area contributed by atoms with Gasteiger partial charge in [0.1, 0.15) is 5.75 Å². The molecule has 0 unspecified atom stereocenters. The van der Waals surface area contributed by atoms with Crippen molar-refractivity contribution in [2.75, 3.05) is 11.9 Å². The highest BCUT2D eigenvalue weighted by Crippen LogP contribution is 2.25. The van der Waals surface area contributed by atoms with Gasteiger partial charge in [-0.25, -0.2) is 4.79 Å². The molecule has 0 aromatic heterocycles. The molecule has 2 aromatic carbocycles. The number of esters is 1. The van der Waals surface area contributed by atoms with Crippen LogP contribution in [-0.4, -0.2) is 18.7 Å². The van der Waals surface area contributed by atoms with E-state index in [0.717, 1.165) is 17.0 Å². The highest BCUT2D eigenvalue weighted by molar-refractivity contribution is 6.30. The summed E-state index contributed by atoms with van der Waals surface area (Å²) in [6.45, 7) is 6.70. The van der Waals surface area contributed by atoms with Crippen LogP contribution in [0.15, 0.2) is 42.5 Å². The molecule has 128 valence electrons. The lowest BCUT2D eigenvalue weighted by molar-refractivity contribution is 0.0526. The first-order valence-corrected chi connectivity index (χ1v) is 8.33. The summed E-state index contributed by atoms with van der Waals surface area (Å²) < 4.78 is 10.8. The molecule has 0 saturated heterocycles. The topological polar surface area (TPSA) is 47.6 Å². The Hall–Kier alpha value is -2.20. The quantitative estimate of drug-likeness (QED) is 0.722. The van der Waals surface area contributed by atoms with E-state index >= 15 is 0 Å². The van der Waals surface area contributed by atoms with Gasteiger partial charge >= 0.3 is 5.97 Å². The second kappa shape index (κ2) is 8.60. The predicted octanol–water partition coefficient (Wildman–Crippen LogP) is 4.92. The fraction of sp³-hybridized carbons (Fsp3) is 0.316. The van der Waals surface area contributed by atoms with Crippen molar-refractivity contribution in [2.24, 2.45) is 0 Å². The zero-order chi connectivity index (χ0) is 17.5. The molecule has 4 nitrogen and oxygen atoms in total. The second-order valence-electron chi connectivity index (χ2n) is 5.57. The Labute approximate surface area is 147 Å². The number of carbonyl (C=O) groups excluding carboxylic acids is 1. The van der Waals surface area contributed by atoms with E-state index in [9.17, 15) is 4.79 Å². The molecule has 0 radical (unpaired) electrons. The summed E-state index contributed by atoms with van der Waals surface area (Å²) in [5.41, 5.74) is 2.41. The number of anilines is 1. The fourth-order valence-corrected chi connectivity index (χ4v) is 2.39. The van der Waals surface area contributed by atoms with Crippen LogP contribution < -0.4 is 10.1 Å². The van der Waals surface area contributed by atoms with Gasteiger partial charge in [0.25, 0.3) is 0 Å². The maximum Gasteiger partial charge on any atom is 0.338 e. The number of halogens is 1. The Bertz CT molecular complexity index is 684. The van der Waals surface area contributed by atoms with Gasteiger partial charge in [-0.05, 0) is 63.2 Å². The van der Waals surface area contributed by atoms with Crippen LogP contribution in [0.2, 0.25) is 5.02 Å². The molecule has 0 fully saturated rings. The Kier molecular flexibility index (Phi) is 6.50. The van der Waals surface area contributed by atoms with E-state index in [0.29, 0.717) is 23.7 Å². The maximum atomic E-state index is 11.6. The molecule has 0 spiro atoms. The van der Waals surface area contributed by atoms with Gasteiger partial charge < -0.3 is 14.8 Å². The molecule has 1 N–H and O–H groups in total. The summed E-state index contributed by atoms with van der Waals surface area (Å²) in [6, 6.07) is 12.8. The lowest BCUT2D eigenvalue weighted by Crippen LogP contribution is -2.09. The molecular formula is C19H22ClNO3. The first kappa shape index (κ1) is 18.1. The van der Waals surface area contributed by atoms with E-state index in [1.54, 1.807) is 19.1 Å². The highest BCUT2D eigenvalue weighted by Gasteiger charge is 2.08. The van der Waals surface area contributed by atoms with Crippen molar-refractivity contribution >= 4 is 23.3 Å². The Morgan fingerprint density at radius 1 is 1.17 bits per heavy atom. The van der Waals surface area contributed by atoms with Gasteiger partial charge in [0, 0.05) is 22.8 Å². The van der Waals surface area contributed by atoms with Crippen molar-refractivity contribution in [3.63, 3.8) is 0 Å². The van der Waals surface area contributed by atoms with E-state index in [1.165, 1.54) is 0 Å². The van der Waals surface area contributed by atoms with Gasteiger partial charge in [-0.2, -0.15) is 0 Å². The third-order valence-electron chi connectivity index (χ3n) is 3.26. The number of hydrogen-bond donors (Lipinski definition) is 1. The number of ether oxygens (including phenoxy) is 2. The molecule has 2 aromatic rings. The van der Waals surface area contributed by atoms with Crippen LogP contribution in [0.5, 0.6) is 5.75 Å². The number of hydrogen-bond acceptors (Lipinski definition) is 4. The van der Waals surface area contributed by atoms with Crippen LogP contribution in [0, 0.1) is 0 Å². The summed E-state index contributed by atoms with van der Waals surface area (Å²) >= 11 is 6.09. The van der Waals surface area contributed by atoms with Crippen LogP contribution in [0.4, 0.5) is 5.69 Å². The minimum absolute atomic E-state index is 0.0915. The van der Waals surface area contributed by atoms with Crippen LogP contribution in [0.25, 0.3) is 0 Å². The smallest absolute Gasteiger partial charge is 0.338 e. The van der Waals surface area contributed by atoms with Gasteiger partial charge in [0.2, 0.25) is 0 Å². The molecule has 2 rings (SSSR count). The molecule has 0 amide bonds. The number of rotatable bonds is 7. The molecular weight excluding hydrogens is 326 g/mol. The summed E-state index contributed by atoms with van der Waals surface area (Å²) in [5.74, 6) is 0.497. The van der Waals surface area contributed by atoms with Crippen molar-refractivity contribution in [1.82, 2.24) is 0 Å². The molecule has 0 aliphatic rings. The van der Waals surface area contributed by atoms with Crippen molar-refractivity contribution in [2.45, 2.75) is 33.4 Å². The first-order chi connectivity index (χ1) is 11.5. The zero-order valence-electron chi connectivity index (χ0n) is 14.1. The second-order valence-corrected chi connectivity index (χ2v) is 6.01. The van der Waals surface area contributed by atoms with Gasteiger partial charge in [-0.3, -0.25) is 0 Å². The molecule has 0 aliphatic heterocycles. The summed E-state index contributed by atoms with van der Waals surface area (Å²) in [6.07, 6.45) is 0.0915. The molecule has 0 bridgehead atoms. The summed E-state index contributed by atoms with van der Waals surface area (Å²) in [7, 11) is 0. The first-order valence-electron chi connectivity index (χ1n) is 7.95. The molecule has 24 heavy (non-hydrogen) atoms. The highest BCUT2D eigenvalue weighted by atomic mass is 35.5. The molecule has 5 heteroatoms. The Morgan fingerprint density at radius 2 is 1.88 bits per heavy atom. The van der Waals surface area contributed by atoms with Crippen molar-refractivity contribution in [3.8, 4) is 5.75 Å². The van der Waals surface area contributed by atoms with E-state index < -0.39 is 0 Å². The average Bonchev–Trinajstić information content (AvgIpc) is 2.55. The van der Waals surface area contributed by atoms with Crippen LogP contribution in [0.1, 0.15) is 36.7 Å². The van der Waals surface area contributed by atoms with Gasteiger partial charge in [-0.1, -0.05) is 11.6 Å². The van der Waals surface area contributed by atoms with Gasteiger partial charge in [-0.15, -0.1) is 0 Å². The number of benzene rings is 2. The normalized spacial score (nSPS) is 10.5. The third kappa shape index (κ3) is 5.17. The van der Waals surface area contributed by atoms with E-state index in [4.69, 9.17) is 21.1 Å². The van der Waals surface area contributed by atoms with Crippen molar-refractivity contribution in [1.29, 1.82) is 0 Å². The van der Waals surface area contributed by atoms with E-state index in [2.05, 4.69) is 5.32 Å². The van der Waals surface area contributed by atoms with Gasteiger partial charge in [0.05, 0.1) is 18.3 Å². The largest absolute Gasteiger partial charge is 0.491 e. The molecule has 0 heterocycles. The minimum Gasteiger partial charge on any atom is -0.491 e. The molecule has 0 aliphatic carbocycles. The average molecular weight is 348 g/mol. The van der Waals surface area contributed by atoms with E-state index in [-0.39, 0.29) is 12.1 Å². The Balaban J connectivity index is 2.05. The SMILES string of the molecule is CCOC(=O)c1ccc(NCc2cc(Cl)ccc2OC(C)C)cc1. The predicted molar refractivity (Wildman–Crippen MR) is 96.9 cm³/mol. The number of carbonyl (C=O) groups is 1. The third-order valence-corrected chi connectivity index (χ3v) is 3.50. The summed E-state index contributed by atoms with van der Waals surface area (Å²) in [4.78, 5) is 11.6. The van der Waals surface area contributed by atoms with Crippen LogP contribution in [-0.2, 0) is 11.3 Å². The van der Waals surface area contributed by atoms with Crippen molar-refractivity contribution < 1.29 is 14.3 Å². The standard InChI is InChI=1S/C19H22ClNO3/c1-4-23-19(22)14-5-8-17(9-6-14)21-12-15-11-16(20)7-10-18(15)24-13(2)3/h5-11,13,21H,4,12H2,1-3H3. The van der Waals surface area contributed by atoms with Gasteiger partial charge in [0.15, 0.2) is 0 Å². The fourth-order valence-electron chi connectivity index (χ4n) is 2.19. The maximum absolute atomic E-state index is 11.6. The molecule has 0 saturated carbocycles. The lowest BCUT2D eigenvalue weighted by Gasteiger charge is -2.15. The molecule has 0 atom stereocenters. The summed E-state index contributed by atoms with van der Waals surface area (Å²) in [5, 5.41) is 3.98.